The van der Waals surface area contributed by atoms with Crippen molar-refractivity contribution in [2.45, 2.75) is 19.8 Å². The van der Waals surface area contributed by atoms with Gasteiger partial charge in [0.05, 0.1) is 6.07 Å². The molecule has 0 atom stereocenters. The monoisotopic (exact) mass is 170 g/mol. The Morgan fingerprint density at radius 2 is 2.33 bits per heavy atom. The first-order valence-corrected chi connectivity index (χ1v) is 4.01. The summed E-state index contributed by atoms with van der Waals surface area (Å²) in [7, 11) is 0. The van der Waals surface area contributed by atoms with E-state index < -0.39 is 0 Å². The molecule has 4 nitrogen and oxygen atoms in total. The zero-order valence-corrected chi connectivity index (χ0v) is 7.29. The lowest BCUT2D eigenvalue weighted by molar-refractivity contribution is -0.130. The summed E-state index contributed by atoms with van der Waals surface area (Å²) in [6.07, 6.45) is 0.504. The number of carbonyl (C=O) groups excluding carboxylic acids is 1. The first-order chi connectivity index (χ1) is 5.76. The second-order valence-corrected chi connectivity index (χ2v) is 2.39. The van der Waals surface area contributed by atoms with Crippen LogP contribution in [0, 0.1) is 11.3 Å². The molecular formula is C8H14N2O2. The van der Waals surface area contributed by atoms with Crippen molar-refractivity contribution in [1.29, 1.82) is 5.26 Å². The third-order valence-corrected chi connectivity index (χ3v) is 1.55. The number of nitrogens with zero attached hydrogens (tertiary/aromatic N) is 2. The van der Waals surface area contributed by atoms with Gasteiger partial charge in [-0.05, 0) is 13.3 Å². The lowest BCUT2D eigenvalue weighted by Gasteiger charge is -2.18. The van der Waals surface area contributed by atoms with Crippen molar-refractivity contribution in [1.82, 2.24) is 4.90 Å². The molecule has 0 heterocycles. The summed E-state index contributed by atoms with van der Waals surface area (Å²) >= 11 is 0. The molecule has 0 aromatic heterocycles. The topological polar surface area (TPSA) is 64.3 Å². The molecule has 0 unspecified atom stereocenters. The molecule has 0 aliphatic rings. The predicted molar refractivity (Wildman–Crippen MR) is 44.2 cm³/mol. The van der Waals surface area contributed by atoms with Crippen LogP contribution < -0.4 is 0 Å². The van der Waals surface area contributed by atoms with Crippen molar-refractivity contribution >= 4 is 5.91 Å². The second kappa shape index (κ2) is 6.62. The smallest absolute Gasteiger partial charge is 0.236 e. The first kappa shape index (κ1) is 10.9. The van der Waals surface area contributed by atoms with Crippen molar-refractivity contribution in [3.8, 4) is 6.07 Å². The van der Waals surface area contributed by atoms with Crippen LogP contribution in [0.25, 0.3) is 0 Å². The summed E-state index contributed by atoms with van der Waals surface area (Å²) in [5.74, 6) is -0.159. The van der Waals surface area contributed by atoms with Crippen LogP contribution in [0.2, 0.25) is 0 Å². The summed E-state index contributed by atoms with van der Waals surface area (Å²) < 4.78 is 0. The van der Waals surface area contributed by atoms with E-state index in [0.29, 0.717) is 19.5 Å². The number of aliphatic hydroxyl groups is 1. The van der Waals surface area contributed by atoms with E-state index in [1.165, 1.54) is 0 Å². The maximum Gasteiger partial charge on any atom is 0.236 e. The number of nitriles is 1. The van der Waals surface area contributed by atoms with E-state index in [4.69, 9.17) is 10.4 Å². The van der Waals surface area contributed by atoms with Gasteiger partial charge in [-0.15, -0.1) is 0 Å². The molecule has 0 aliphatic heterocycles. The van der Waals surface area contributed by atoms with E-state index in [0.717, 1.165) is 0 Å². The van der Waals surface area contributed by atoms with Gasteiger partial charge in [-0.3, -0.25) is 4.79 Å². The van der Waals surface area contributed by atoms with Crippen LogP contribution in [0.1, 0.15) is 19.8 Å². The fourth-order valence-corrected chi connectivity index (χ4v) is 0.900. The highest BCUT2D eigenvalue weighted by molar-refractivity contribution is 5.78. The number of carbonyl (C=O) groups is 1. The van der Waals surface area contributed by atoms with E-state index in [-0.39, 0.29) is 18.9 Å². The minimum Gasteiger partial charge on any atom is -0.396 e. The molecule has 0 aromatic carbocycles. The van der Waals surface area contributed by atoms with Crippen molar-refractivity contribution in [2.75, 3.05) is 19.7 Å². The van der Waals surface area contributed by atoms with Crippen LogP contribution in [-0.2, 0) is 4.79 Å². The van der Waals surface area contributed by atoms with Gasteiger partial charge in [0, 0.05) is 19.7 Å². The number of amides is 1. The van der Waals surface area contributed by atoms with Gasteiger partial charge < -0.3 is 10.0 Å². The molecule has 4 heteroatoms. The van der Waals surface area contributed by atoms with Crippen molar-refractivity contribution in [3.05, 3.63) is 0 Å². The summed E-state index contributed by atoms with van der Waals surface area (Å²) in [4.78, 5) is 12.7. The quantitative estimate of drug-likeness (QED) is 0.638. The molecule has 0 fully saturated rings. The Hall–Kier alpha value is -1.08. The molecule has 0 aliphatic carbocycles. The van der Waals surface area contributed by atoms with Gasteiger partial charge in [-0.25, -0.2) is 0 Å². The molecule has 0 saturated heterocycles. The summed E-state index contributed by atoms with van der Waals surface area (Å²) in [5.41, 5.74) is 0. The fourth-order valence-electron chi connectivity index (χ4n) is 0.900. The van der Waals surface area contributed by atoms with Gasteiger partial charge in [0.15, 0.2) is 0 Å². The number of hydrogen-bond donors (Lipinski definition) is 1. The molecule has 1 N–H and O–H groups in total. The highest BCUT2D eigenvalue weighted by Gasteiger charge is 2.09. The Labute approximate surface area is 72.4 Å². The van der Waals surface area contributed by atoms with E-state index >= 15 is 0 Å². The molecule has 12 heavy (non-hydrogen) atoms. The number of hydrogen-bond acceptors (Lipinski definition) is 3. The van der Waals surface area contributed by atoms with E-state index in [2.05, 4.69) is 0 Å². The van der Waals surface area contributed by atoms with E-state index in [9.17, 15) is 4.79 Å². The Balaban J connectivity index is 3.81. The molecule has 0 radical (unpaired) electrons. The van der Waals surface area contributed by atoms with Crippen molar-refractivity contribution in [3.63, 3.8) is 0 Å². The zero-order valence-electron chi connectivity index (χ0n) is 7.29. The Kier molecular flexibility index (Phi) is 6.02. The van der Waals surface area contributed by atoms with Crippen LogP contribution in [0.15, 0.2) is 0 Å². The van der Waals surface area contributed by atoms with Crippen LogP contribution >= 0.6 is 0 Å². The molecule has 0 saturated carbocycles. The molecule has 0 rings (SSSR count). The largest absolute Gasteiger partial charge is 0.396 e. The normalized spacial score (nSPS) is 9.08. The lowest BCUT2D eigenvalue weighted by atomic mass is 10.3. The predicted octanol–water partition coefficient (Wildman–Crippen LogP) is 0.131. The SMILES string of the molecule is CCN(CCCO)C(=O)CC#N. The first-order valence-electron chi connectivity index (χ1n) is 4.01. The van der Waals surface area contributed by atoms with Crippen molar-refractivity contribution in [2.24, 2.45) is 0 Å². The molecule has 68 valence electrons. The summed E-state index contributed by atoms with van der Waals surface area (Å²) in [6.45, 7) is 3.07. The number of rotatable bonds is 5. The van der Waals surface area contributed by atoms with Gasteiger partial charge in [0.1, 0.15) is 6.42 Å². The zero-order chi connectivity index (χ0) is 9.40. The van der Waals surface area contributed by atoms with E-state index in [1.807, 2.05) is 6.92 Å². The molecule has 0 bridgehead atoms. The second-order valence-electron chi connectivity index (χ2n) is 2.39. The highest BCUT2D eigenvalue weighted by Crippen LogP contribution is 1.94. The lowest BCUT2D eigenvalue weighted by Crippen LogP contribution is -2.31. The molecule has 0 aromatic rings. The number of aliphatic hydroxyl groups excluding tert-OH is 1. The fraction of sp³-hybridized carbons (Fsp3) is 0.750. The molecular weight excluding hydrogens is 156 g/mol. The van der Waals surface area contributed by atoms with E-state index in [1.54, 1.807) is 11.0 Å². The van der Waals surface area contributed by atoms with Crippen LogP contribution in [0.3, 0.4) is 0 Å². The Morgan fingerprint density at radius 1 is 1.67 bits per heavy atom. The standard InChI is InChI=1S/C8H14N2O2/c1-2-10(6-3-7-11)8(12)4-5-9/h11H,2-4,6-7H2,1H3. The maximum atomic E-state index is 11.1. The van der Waals surface area contributed by atoms with Crippen LogP contribution in [0.4, 0.5) is 0 Å². The van der Waals surface area contributed by atoms with Gasteiger partial charge in [-0.2, -0.15) is 5.26 Å². The molecule has 0 spiro atoms. The Bertz CT molecular complexity index is 174. The minimum atomic E-state index is -0.159. The Morgan fingerprint density at radius 3 is 2.75 bits per heavy atom. The third kappa shape index (κ3) is 3.94. The maximum absolute atomic E-state index is 11.1. The molecule has 1 amide bonds. The van der Waals surface area contributed by atoms with Gasteiger partial charge in [-0.1, -0.05) is 0 Å². The van der Waals surface area contributed by atoms with Gasteiger partial charge in [0.25, 0.3) is 0 Å². The summed E-state index contributed by atoms with van der Waals surface area (Å²) in [6, 6.07) is 1.80. The van der Waals surface area contributed by atoms with Crippen molar-refractivity contribution < 1.29 is 9.90 Å². The van der Waals surface area contributed by atoms with Crippen LogP contribution in [0.5, 0.6) is 0 Å². The van der Waals surface area contributed by atoms with Gasteiger partial charge in [0.2, 0.25) is 5.91 Å². The van der Waals surface area contributed by atoms with Crippen LogP contribution in [-0.4, -0.2) is 35.6 Å². The van der Waals surface area contributed by atoms with Gasteiger partial charge >= 0.3 is 0 Å². The highest BCUT2D eigenvalue weighted by atomic mass is 16.3. The summed E-state index contributed by atoms with van der Waals surface area (Å²) in [5, 5.41) is 16.8. The average Bonchev–Trinajstić information content (AvgIpc) is 2.06. The average molecular weight is 170 g/mol. The third-order valence-electron chi connectivity index (χ3n) is 1.55. The minimum absolute atomic E-state index is 0.0702.